The Bertz CT molecular complexity index is 575. The van der Waals surface area contributed by atoms with Crippen molar-refractivity contribution in [3.05, 3.63) is 47.9 Å². The van der Waals surface area contributed by atoms with E-state index in [4.69, 9.17) is 10.2 Å². The zero-order valence-electron chi connectivity index (χ0n) is 9.93. The van der Waals surface area contributed by atoms with Crippen LogP contribution >= 0.6 is 0 Å². The molecule has 1 aliphatic rings. The highest BCUT2D eigenvalue weighted by molar-refractivity contribution is 6.05. The minimum Gasteiger partial charge on any atom is -0.459 e. The number of aryl methyl sites for hydroxylation is 1. The molecule has 18 heavy (non-hydrogen) atoms. The number of anilines is 2. The second kappa shape index (κ2) is 4.22. The van der Waals surface area contributed by atoms with Crippen LogP contribution in [0.2, 0.25) is 0 Å². The molecule has 0 bridgehead atoms. The van der Waals surface area contributed by atoms with Crippen LogP contribution < -0.4 is 10.6 Å². The van der Waals surface area contributed by atoms with E-state index in [1.54, 1.807) is 17.0 Å². The minimum absolute atomic E-state index is 0.0919. The highest BCUT2D eigenvalue weighted by atomic mass is 16.3. The van der Waals surface area contributed by atoms with Crippen LogP contribution in [-0.4, -0.2) is 12.5 Å². The van der Waals surface area contributed by atoms with Gasteiger partial charge in [0.15, 0.2) is 5.76 Å². The summed E-state index contributed by atoms with van der Waals surface area (Å²) in [4.78, 5) is 14.1. The molecule has 4 nitrogen and oxygen atoms in total. The summed E-state index contributed by atoms with van der Waals surface area (Å²) < 4.78 is 5.17. The maximum atomic E-state index is 12.3. The topological polar surface area (TPSA) is 59.5 Å². The second-order valence-corrected chi connectivity index (χ2v) is 4.43. The van der Waals surface area contributed by atoms with Gasteiger partial charge in [-0.05, 0) is 48.7 Å². The van der Waals surface area contributed by atoms with Gasteiger partial charge < -0.3 is 15.1 Å². The van der Waals surface area contributed by atoms with Crippen LogP contribution in [0.5, 0.6) is 0 Å². The van der Waals surface area contributed by atoms with Gasteiger partial charge in [-0.2, -0.15) is 0 Å². The Balaban J connectivity index is 1.99. The van der Waals surface area contributed by atoms with Gasteiger partial charge in [0.1, 0.15) is 0 Å². The highest BCUT2D eigenvalue weighted by Gasteiger charge is 2.24. The number of benzene rings is 1. The molecule has 1 aromatic carbocycles. The summed E-state index contributed by atoms with van der Waals surface area (Å²) in [5, 5.41) is 0. The number of nitrogen functional groups attached to an aromatic ring is 1. The van der Waals surface area contributed by atoms with E-state index in [0.717, 1.165) is 36.3 Å². The Morgan fingerprint density at radius 1 is 1.33 bits per heavy atom. The molecule has 0 spiro atoms. The molecule has 2 aromatic rings. The van der Waals surface area contributed by atoms with Crippen LogP contribution in [0.15, 0.2) is 41.0 Å². The normalized spacial score (nSPS) is 14.3. The van der Waals surface area contributed by atoms with Crippen LogP contribution in [0.25, 0.3) is 0 Å². The molecule has 1 aromatic heterocycles. The van der Waals surface area contributed by atoms with Crippen molar-refractivity contribution in [2.24, 2.45) is 0 Å². The predicted octanol–water partition coefficient (Wildman–Crippen LogP) is 2.45. The van der Waals surface area contributed by atoms with Gasteiger partial charge in [-0.25, -0.2) is 0 Å². The first-order chi connectivity index (χ1) is 8.75. The fourth-order valence-electron chi connectivity index (χ4n) is 2.36. The van der Waals surface area contributed by atoms with E-state index in [0.29, 0.717) is 5.76 Å². The van der Waals surface area contributed by atoms with Crippen molar-refractivity contribution in [1.82, 2.24) is 0 Å². The second-order valence-electron chi connectivity index (χ2n) is 4.43. The Morgan fingerprint density at radius 2 is 2.22 bits per heavy atom. The molecule has 1 aliphatic heterocycles. The van der Waals surface area contributed by atoms with Gasteiger partial charge in [0.05, 0.1) is 6.26 Å². The molecule has 4 heteroatoms. The van der Waals surface area contributed by atoms with Crippen molar-refractivity contribution in [2.75, 3.05) is 17.2 Å². The van der Waals surface area contributed by atoms with E-state index in [1.165, 1.54) is 6.26 Å². The lowest BCUT2D eigenvalue weighted by molar-refractivity contribution is 0.0958. The first-order valence-electron chi connectivity index (χ1n) is 5.99. The number of rotatable bonds is 1. The summed E-state index contributed by atoms with van der Waals surface area (Å²) in [7, 11) is 0. The van der Waals surface area contributed by atoms with Gasteiger partial charge in [-0.15, -0.1) is 0 Å². The zero-order valence-corrected chi connectivity index (χ0v) is 9.93. The van der Waals surface area contributed by atoms with Crippen molar-refractivity contribution in [3.63, 3.8) is 0 Å². The molecular formula is C14H14N2O2. The van der Waals surface area contributed by atoms with Crippen LogP contribution in [0.3, 0.4) is 0 Å². The van der Waals surface area contributed by atoms with E-state index < -0.39 is 0 Å². The standard InChI is InChI=1S/C14H14N2O2/c15-11-5-6-12-10(9-11)3-1-7-16(12)14(17)13-4-2-8-18-13/h2,4-6,8-9H,1,3,7,15H2. The Hall–Kier alpha value is -2.23. The molecule has 0 fully saturated rings. The summed E-state index contributed by atoms with van der Waals surface area (Å²) in [5.41, 5.74) is 8.58. The van der Waals surface area contributed by atoms with Crippen molar-refractivity contribution < 1.29 is 9.21 Å². The lowest BCUT2D eigenvalue weighted by Gasteiger charge is -2.29. The number of carbonyl (C=O) groups excluding carboxylic acids is 1. The summed E-state index contributed by atoms with van der Waals surface area (Å²) in [6, 6.07) is 9.09. The third kappa shape index (κ3) is 1.76. The predicted molar refractivity (Wildman–Crippen MR) is 69.6 cm³/mol. The molecule has 3 rings (SSSR count). The maximum Gasteiger partial charge on any atom is 0.293 e. The molecule has 0 aliphatic carbocycles. The van der Waals surface area contributed by atoms with Gasteiger partial charge in [0.2, 0.25) is 0 Å². The van der Waals surface area contributed by atoms with Crippen molar-refractivity contribution >= 4 is 17.3 Å². The molecule has 1 amide bonds. The summed E-state index contributed by atoms with van der Waals surface area (Å²) in [5.74, 6) is 0.283. The smallest absolute Gasteiger partial charge is 0.293 e. The molecule has 0 atom stereocenters. The highest BCUT2D eigenvalue weighted by Crippen LogP contribution is 2.30. The fraction of sp³-hybridized carbons (Fsp3) is 0.214. The SMILES string of the molecule is Nc1ccc2c(c1)CCCN2C(=O)c1ccco1. The van der Waals surface area contributed by atoms with Gasteiger partial charge >= 0.3 is 0 Å². The molecule has 0 unspecified atom stereocenters. The Labute approximate surface area is 105 Å². The average molecular weight is 242 g/mol. The van der Waals surface area contributed by atoms with Crippen molar-refractivity contribution in [3.8, 4) is 0 Å². The molecular weight excluding hydrogens is 228 g/mol. The molecule has 2 N–H and O–H groups in total. The number of amides is 1. The van der Waals surface area contributed by atoms with Gasteiger partial charge in [0, 0.05) is 17.9 Å². The van der Waals surface area contributed by atoms with E-state index in [1.807, 2.05) is 18.2 Å². The fourth-order valence-corrected chi connectivity index (χ4v) is 2.36. The van der Waals surface area contributed by atoms with E-state index >= 15 is 0 Å². The van der Waals surface area contributed by atoms with E-state index in [-0.39, 0.29) is 5.91 Å². The number of hydrogen-bond acceptors (Lipinski definition) is 3. The number of nitrogens with two attached hydrogens (primary N) is 1. The summed E-state index contributed by atoms with van der Waals surface area (Å²) in [6.45, 7) is 0.719. The number of nitrogens with zero attached hydrogens (tertiary/aromatic N) is 1. The molecule has 0 radical (unpaired) electrons. The monoisotopic (exact) mass is 242 g/mol. The first-order valence-corrected chi connectivity index (χ1v) is 5.99. The van der Waals surface area contributed by atoms with Gasteiger partial charge in [-0.1, -0.05) is 0 Å². The maximum absolute atomic E-state index is 12.3. The number of hydrogen-bond donors (Lipinski definition) is 1. The van der Waals surface area contributed by atoms with Crippen LogP contribution in [-0.2, 0) is 6.42 Å². The number of fused-ring (bicyclic) bond motifs is 1. The molecule has 2 heterocycles. The number of carbonyl (C=O) groups is 1. The quantitative estimate of drug-likeness (QED) is 0.781. The lowest BCUT2D eigenvalue weighted by atomic mass is 10.0. The van der Waals surface area contributed by atoms with Crippen LogP contribution in [0, 0.1) is 0 Å². The summed E-state index contributed by atoms with van der Waals surface area (Å²) >= 11 is 0. The van der Waals surface area contributed by atoms with Crippen LogP contribution in [0.4, 0.5) is 11.4 Å². The third-order valence-corrected chi connectivity index (χ3v) is 3.20. The number of furan rings is 1. The minimum atomic E-state index is -0.0919. The van der Waals surface area contributed by atoms with Gasteiger partial charge in [0.25, 0.3) is 5.91 Å². The molecule has 0 saturated carbocycles. The van der Waals surface area contributed by atoms with Crippen LogP contribution in [0.1, 0.15) is 22.5 Å². The van der Waals surface area contributed by atoms with E-state index in [2.05, 4.69) is 0 Å². The molecule has 0 saturated heterocycles. The first kappa shape index (κ1) is 10.9. The Morgan fingerprint density at radius 3 is 3.00 bits per heavy atom. The Kier molecular flexibility index (Phi) is 2.55. The summed E-state index contributed by atoms with van der Waals surface area (Å²) in [6.07, 6.45) is 3.42. The van der Waals surface area contributed by atoms with Gasteiger partial charge in [-0.3, -0.25) is 4.79 Å². The average Bonchev–Trinajstić information content (AvgIpc) is 2.90. The van der Waals surface area contributed by atoms with Crippen molar-refractivity contribution in [2.45, 2.75) is 12.8 Å². The van der Waals surface area contributed by atoms with Crippen molar-refractivity contribution in [1.29, 1.82) is 0 Å². The largest absolute Gasteiger partial charge is 0.459 e. The van der Waals surface area contributed by atoms with E-state index in [9.17, 15) is 4.79 Å². The molecule has 92 valence electrons. The lowest BCUT2D eigenvalue weighted by Crippen LogP contribution is -2.35. The zero-order chi connectivity index (χ0) is 12.5. The third-order valence-electron chi connectivity index (χ3n) is 3.20.